The molecule has 0 bridgehead atoms. The van der Waals surface area contributed by atoms with E-state index in [1.807, 2.05) is 13.0 Å². The summed E-state index contributed by atoms with van der Waals surface area (Å²) >= 11 is 6.15. The Kier molecular flexibility index (Phi) is 7.81. The normalized spacial score (nSPS) is 18.4. The lowest BCUT2D eigenvalue weighted by molar-refractivity contribution is 0.250. The third kappa shape index (κ3) is 4.83. The number of aryl methyl sites for hydroxylation is 1. The van der Waals surface area contributed by atoms with Gasteiger partial charge in [0, 0.05) is 19.1 Å². The largest absolute Gasteiger partial charge is 0.328 e. The van der Waals surface area contributed by atoms with Crippen LogP contribution >= 0.6 is 24.0 Å². The first kappa shape index (κ1) is 20.7. The number of sulfonamides is 1. The standard InChI is InChI=1S/C16H25ClN2O2S.ClH/c1-3-4-13-5-6-15(17)16(11-13)22(20,21)19-9-7-14(8-10-19)12(2)18;/h5-6,11-12,14H,3-4,7-10,18H2,1-2H3;1H. The summed E-state index contributed by atoms with van der Waals surface area (Å²) in [5.74, 6) is 0.397. The molecule has 0 spiro atoms. The molecule has 1 aliphatic rings. The van der Waals surface area contributed by atoms with Gasteiger partial charge in [-0.05, 0) is 49.8 Å². The van der Waals surface area contributed by atoms with Crippen LogP contribution in [0.3, 0.4) is 0 Å². The molecular weight excluding hydrogens is 355 g/mol. The van der Waals surface area contributed by atoms with E-state index in [-0.39, 0.29) is 23.3 Å². The van der Waals surface area contributed by atoms with Gasteiger partial charge >= 0.3 is 0 Å². The van der Waals surface area contributed by atoms with Gasteiger partial charge in [0.1, 0.15) is 4.90 Å². The van der Waals surface area contributed by atoms with Crippen molar-refractivity contribution in [2.45, 2.75) is 50.5 Å². The lowest BCUT2D eigenvalue weighted by Crippen LogP contribution is -2.42. The molecule has 0 radical (unpaired) electrons. The quantitative estimate of drug-likeness (QED) is 0.850. The van der Waals surface area contributed by atoms with Crippen molar-refractivity contribution in [3.63, 3.8) is 0 Å². The van der Waals surface area contributed by atoms with Gasteiger partial charge in [-0.25, -0.2) is 8.42 Å². The summed E-state index contributed by atoms with van der Waals surface area (Å²) in [6, 6.07) is 5.42. The van der Waals surface area contributed by atoms with E-state index in [2.05, 4.69) is 6.92 Å². The van der Waals surface area contributed by atoms with Crippen molar-refractivity contribution >= 4 is 34.0 Å². The van der Waals surface area contributed by atoms with Crippen molar-refractivity contribution < 1.29 is 8.42 Å². The molecule has 1 atom stereocenters. The molecule has 1 saturated heterocycles. The average Bonchev–Trinajstić information content (AvgIpc) is 2.49. The van der Waals surface area contributed by atoms with Crippen LogP contribution in [-0.4, -0.2) is 31.9 Å². The Morgan fingerprint density at radius 2 is 1.96 bits per heavy atom. The van der Waals surface area contributed by atoms with Crippen molar-refractivity contribution in [1.29, 1.82) is 0 Å². The number of nitrogens with two attached hydrogens (primary N) is 1. The smallest absolute Gasteiger partial charge is 0.244 e. The molecule has 1 aromatic rings. The lowest BCUT2D eigenvalue weighted by Gasteiger charge is -2.33. The summed E-state index contributed by atoms with van der Waals surface area (Å²) in [7, 11) is -3.52. The molecule has 23 heavy (non-hydrogen) atoms. The number of halogens is 2. The number of rotatable bonds is 5. The van der Waals surface area contributed by atoms with E-state index in [1.165, 1.54) is 0 Å². The molecular formula is C16H26Cl2N2O2S. The Labute approximate surface area is 150 Å². The summed E-state index contributed by atoms with van der Waals surface area (Å²) in [5.41, 5.74) is 6.93. The number of nitrogens with zero attached hydrogens (tertiary/aromatic N) is 1. The molecule has 4 nitrogen and oxygen atoms in total. The Balaban J connectivity index is 0.00000264. The zero-order valence-corrected chi connectivity index (χ0v) is 16.1. The highest BCUT2D eigenvalue weighted by Crippen LogP contribution is 2.30. The molecule has 1 heterocycles. The first-order valence-corrected chi connectivity index (χ1v) is 9.72. The first-order valence-electron chi connectivity index (χ1n) is 7.90. The van der Waals surface area contributed by atoms with Crippen molar-refractivity contribution in [2.75, 3.05) is 13.1 Å². The van der Waals surface area contributed by atoms with Crippen LogP contribution in [0.2, 0.25) is 5.02 Å². The molecule has 1 aromatic carbocycles. The van der Waals surface area contributed by atoms with Crippen LogP contribution in [-0.2, 0) is 16.4 Å². The van der Waals surface area contributed by atoms with Crippen LogP contribution in [0.25, 0.3) is 0 Å². The summed E-state index contributed by atoms with van der Waals surface area (Å²) in [6.45, 7) is 5.09. The summed E-state index contributed by atoms with van der Waals surface area (Å²) in [6.07, 6.45) is 3.44. The minimum absolute atomic E-state index is 0. The van der Waals surface area contributed by atoms with Gasteiger partial charge in [0.05, 0.1) is 5.02 Å². The highest BCUT2D eigenvalue weighted by molar-refractivity contribution is 7.89. The van der Waals surface area contributed by atoms with E-state index < -0.39 is 10.0 Å². The van der Waals surface area contributed by atoms with E-state index >= 15 is 0 Å². The zero-order chi connectivity index (χ0) is 16.3. The molecule has 7 heteroatoms. The highest BCUT2D eigenvalue weighted by atomic mass is 35.5. The molecule has 1 fully saturated rings. The molecule has 0 amide bonds. The molecule has 2 N–H and O–H groups in total. The van der Waals surface area contributed by atoms with Crippen molar-refractivity contribution in [2.24, 2.45) is 11.7 Å². The maximum absolute atomic E-state index is 12.9. The van der Waals surface area contributed by atoms with Crippen molar-refractivity contribution in [3.8, 4) is 0 Å². The summed E-state index contributed by atoms with van der Waals surface area (Å²) < 4.78 is 27.2. The topological polar surface area (TPSA) is 63.4 Å². The lowest BCUT2D eigenvalue weighted by atomic mass is 9.92. The van der Waals surface area contributed by atoms with Crippen LogP contribution in [0.15, 0.2) is 23.1 Å². The van der Waals surface area contributed by atoms with Crippen LogP contribution in [0.4, 0.5) is 0 Å². The van der Waals surface area contributed by atoms with Gasteiger partial charge in [0.2, 0.25) is 10.0 Å². The third-order valence-electron chi connectivity index (χ3n) is 4.39. The monoisotopic (exact) mass is 380 g/mol. The van der Waals surface area contributed by atoms with Gasteiger partial charge in [-0.15, -0.1) is 12.4 Å². The second-order valence-electron chi connectivity index (χ2n) is 6.12. The predicted octanol–water partition coefficient (Wildman–Crippen LogP) is 3.46. The number of benzene rings is 1. The van der Waals surface area contributed by atoms with E-state index in [4.69, 9.17) is 17.3 Å². The molecule has 1 unspecified atom stereocenters. The fourth-order valence-electron chi connectivity index (χ4n) is 2.97. The van der Waals surface area contributed by atoms with E-state index in [1.54, 1.807) is 16.4 Å². The average molecular weight is 381 g/mol. The van der Waals surface area contributed by atoms with E-state index in [9.17, 15) is 8.42 Å². The maximum atomic E-state index is 12.9. The first-order chi connectivity index (χ1) is 10.4. The molecule has 1 aliphatic heterocycles. The number of hydrogen-bond acceptors (Lipinski definition) is 3. The Bertz CT molecular complexity index is 613. The van der Waals surface area contributed by atoms with Crippen LogP contribution in [0, 0.1) is 5.92 Å². The van der Waals surface area contributed by atoms with E-state index in [0.29, 0.717) is 24.0 Å². The van der Waals surface area contributed by atoms with Crippen LogP contribution in [0.5, 0.6) is 0 Å². The van der Waals surface area contributed by atoms with Crippen molar-refractivity contribution in [1.82, 2.24) is 4.31 Å². The Morgan fingerprint density at radius 1 is 1.35 bits per heavy atom. The SMILES string of the molecule is CCCc1ccc(Cl)c(S(=O)(=O)N2CCC(C(C)N)CC2)c1.Cl. The summed E-state index contributed by atoms with van der Waals surface area (Å²) in [4.78, 5) is 0.236. The summed E-state index contributed by atoms with van der Waals surface area (Å²) in [5, 5.41) is 0.300. The maximum Gasteiger partial charge on any atom is 0.244 e. The minimum Gasteiger partial charge on any atom is -0.328 e. The van der Waals surface area contributed by atoms with Crippen LogP contribution < -0.4 is 5.73 Å². The van der Waals surface area contributed by atoms with Crippen LogP contribution in [0.1, 0.15) is 38.7 Å². The molecule has 0 aromatic heterocycles. The van der Waals surface area contributed by atoms with E-state index in [0.717, 1.165) is 31.2 Å². The van der Waals surface area contributed by atoms with Gasteiger partial charge in [-0.2, -0.15) is 4.31 Å². The Morgan fingerprint density at radius 3 is 2.48 bits per heavy atom. The molecule has 132 valence electrons. The molecule has 2 rings (SSSR count). The second-order valence-corrected chi connectivity index (χ2v) is 8.43. The fraction of sp³-hybridized carbons (Fsp3) is 0.625. The second kappa shape index (κ2) is 8.67. The number of hydrogen-bond donors (Lipinski definition) is 1. The van der Waals surface area contributed by atoms with Gasteiger partial charge in [-0.3, -0.25) is 0 Å². The minimum atomic E-state index is -3.52. The molecule has 0 aliphatic carbocycles. The van der Waals surface area contributed by atoms with Crippen molar-refractivity contribution in [3.05, 3.63) is 28.8 Å². The Hall–Kier alpha value is -0.330. The van der Waals surface area contributed by atoms with Gasteiger partial charge in [0.25, 0.3) is 0 Å². The van der Waals surface area contributed by atoms with Gasteiger partial charge < -0.3 is 5.73 Å². The predicted molar refractivity (Wildman–Crippen MR) is 97.8 cm³/mol. The fourth-order valence-corrected chi connectivity index (χ4v) is 4.97. The number of piperidine rings is 1. The molecule has 0 saturated carbocycles. The highest BCUT2D eigenvalue weighted by Gasteiger charge is 2.31. The van der Waals surface area contributed by atoms with Gasteiger partial charge in [0.15, 0.2) is 0 Å². The third-order valence-corrected chi connectivity index (χ3v) is 6.77. The zero-order valence-electron chi connectivity index (χ0n) is 13.7. The van der Waals surface area contributed by atoms with Gasteiger partial charge in [-0.1, -0.05) is 31.0 Å².